The van der Waals surface area contributed by atoms with Crippen molar-refractivity contribution in [3.05, 3.63) is 23.3 Å². The van der Waals surface area contributed by atoms with Gasteiger partial charge in [-0.1, -0.05) is 23.3 Å². The molecular formula is C15H27NO2S. The van der Waals surface area contributed by atoms with Gasteiger partial charge in [0.2, 0.25) is 0 Å². The molecule has 0 amide bonds. The van der Waals surface area contributed by atoms with E-state index >= 15 is 0 Å². The van der Waals surface area contributed by atoms with Gasteiger partial charge in [-0.25, -0.2) is 8.42 Å². The molecule has 1 rings (SSSR count). The van der Waals surface area contributed by atoms with Crippen LogP contribution in [0, 0.1) is 5.92 Å². The van der Waals surface area contributed by atoms with Crippen LogP contribution in [-0.2, 0) is 9.84 Å². The monoisotopic (exact) mass is 285 g/mol. The minimum Gasteiger partial charge on any atom is -0.313 e. The number of hydrogen-bond acceptors (Lipinski definition) is 3. The van der Waals surface area contributed by atoms with Crippen LogP contribution in [0.5, 0.6) is 0 Å². The van der Waals surface area contributed by atoms with Crippen molar-refractivity contribution in [3.63, 3.8) is 0 Å². The fraction of sp³-hybridized carbons (Fsp3) is 0.733. The van der Waals surface area contributed by atoms with Crippen LogP contribution in [0.3, 0.4) is 0 Å². The van der Waals surface area contributed by atoms with E-state index in [9.17, 15) is 8.42 Å². The molecule has 0 aromatic carbocycles. The van der Waals surface area contributed by atoms with Gasteiger partial charge in [0, 0.05) is 6.54 Å². The van der Waals surface area contributed by atoms with Crippen LogP contribution in [0.25, 0.3) is 0 Å². The van der Waals surface area contributed by atoms with Gasteiger partial charge in [-0.05, 0) is 52.5 Å². The first-order valence-corrected chi connectivity index (χ1v) is 8.91. The lowest BCUT2D eigenvalue weighted by Crippen LogP contribution is -2.23. The SMILES string of the molecule is CC(C)=CCC/C(C)=C/CNCC1CCS(=O)(=O)C1. The maximum atomic E-state index is 11.3. The van der Waals surface area contributed by atoms with Crippen molar-refractivity contribution in [1.29, 1.82) is 0 Å². The van der Waals surface area contributed by atoms with Crippen molar-refractivity contribution >= 4 is 9.84 Å². The van der Waals surface area contributed by atoms with E-state index in [0.29, 0.717) is 17.4 Å². The minimum atomic E-state index is -2.73. The average Bonchev–Trinajstić information content (AvgIpc) is 2.64. The zero-order valence-electron chi connectivity index (χ0n) is 12.4. The summed E-state index contributed by atoms with van der Waals surface area (Å²) in [5, 5.41) is 3.34. The summed E-state index contributed by atoms with van der Waals surface area (Å²) in [6, 6.07) is 0. The molecule has 1 fully saturated rings. The zero-order chi connectivity index (χ0) is 14.3. The highest BCUT2D eigenvalue weighted by atomic mass is 32.2. The van der Waals surface area contributed by atoms with Crippen molar-refractivity contribution in [2.24, 2.45) is 5.92 Å². The molecule has 0 aromatic heterocycles. The molecule has 1 unspecified atom stereocenters. The Hall–Kier alpha value is -0.610. The third-order valence-electron chi connectivity index (χ3n) is 3.45. The first-order chi connectivity index (χ1) is 8.89. The summed E-state index contributed by atoms with van der Waals surface area (Å²) in [5.41, 5.74) is 2.76. The topological polar surface area (TPSA) is 46.2 Å². The summed E-state index contributed by atoms with van der Waals surface area (Å²) >= 11 is 0. The Labute approximate surface area is 118 Å². The highest BCUT2D eigenvalue weighted by Gasteiger charge is 2.26. The van der Waals surface area contributed by atoms with E-state index in [-0.39, 0.29) is 0 Å². The van der Waals surface area contributed by atoms with Crippen molar-refractivity contribution in [2.45, 2.75) is 40.0 Å². The summed E-state index contributed by atoms with van der Waals surface area (Å²) in [6.45, 7) is 8.06. The smallest absolute Gasteiger partial charge is 0.150 e. The van der Waals surface area contributed by atoms with Crippen LogP contribution in [0.4, 0.5) is 0 Å². The lowest BCUT2D eigenvalue weighted by atomic mass is 10.1. The zero-order valence-corrected chi connectivity index (χ0v) is 13.2. The molecule has 0 aromatic rings. The van der Waals surface area contributed by atoms with Gasteiger partial charge in [0.1, 0.15) is 0 Å². The maximum Gasteiger partial charge on any atom is 0.150 e. The molecule has 0 bridgehead atoms. The van der Waals surface area contributed by atoms with E-state index in [0.717, 1.165) is 32.4 Å². The first kappa shape index (κ1) is 16.4. The van der Waals surface area contributed by atoms with Gasteiger partial charge in [0.05, 0.1) is 11.5 Å². The van der Waals surface area contributed by atoms with Gasteiger partial charge in [-0.3, -0.25) is 0 Å². The summed E-state index contributed by atoms with van der Waals surface area (Å²) in [7, 11) is -2.73. The molecule has 1 atom stereocenters. The van der Waals surface area contributed by atoms with Crippen molar-refractivity contribution < 1.29 is 8.42 Å². The van der Waals surface area contributed by atoms with Gasteiger partial charge in [-0.2, -0.15) is 0 Å². The van der Waals surface area contributed by atoms with Crippen LogP contribution >= 0.6 is 0 Å². The molecule has 1 aliphatic heterocycles. The molecule has 110 valence electrons. The Morgan fingerprint density at radius 3 is 2.58 bits per heavy atom. The molecular weight excluding hydrogens is 258 g/mol. The third kappa shape index (κ3) is 7.53. The standard InChI is InChI=1S/C15H27NO2S/c1-13(2)5-4-6-14(3)7-9-16-11-15-8-10-19(17,18)12-15/h5,7,15-16H,4,6,8-12H2,1-3H3/b14-7+. The Bertz CT molecular complexity index is 431. The number of rotatable bonds is 7. The molecule has 1 aliphatic rings. The van der Waals surface area contributed by atoms with E-state index in [4.69, 9.17) is 0 Å². The molecule has 3 nitrogen and oxygen atoms in total. The Morgan fingerprint density at radius 2 is 2.00 bits per heavy atom. The average molecular weight is 285 g/mol. The van der Waals surface area contributed by atoms with Crippen LogP contribution in [0.1, 0.15) is 40.0 Å². The molecule has 19 heavy (non-hydrogen) atoms. The minimum absolute atomic E-state index is 0.310. The fourth-order valence-corrected chi connectivity index (χ4v) is 4.12. The van der Waals surface area contributed by atoms with Gasteiger partial charge in [-0.15, -0.1) is 0 Å². The predicted molar refractivity (Wildman–Crippen MR) is 82.1 cm³/mol. The van der Waals surface area contributed by atoms with E-state index in [1.807, 2.05) is 0 Å². The predicted octanol–water partition coefficient (Wildman–Crippen LogP) is 2.70. The second-order valence-corrected chi connectivity index (χ2v) is 8.03. The van der Waals surface area contributed by atoms with Crippen molar-refractivity contribution in [1.82, 2.24) is 5.32 Å². The largest absolute Gasteiger partial charge is 0.313 e. The fourth-order valence-electron chi connectivity index (χ4n) is 2.26. The molecule has 1 saturated heterocycles. The lowest BCUT2D eigenvalue weighted by molar-refractivity contribution is 0.539. The molecule has 0 aliphatic carbocycles. The van der Waals surface area contributed by atoms with Crippen LogP contribution in [-0.4, -0.2) is 33.0 Å². The molecule has 1 heterocycles. The van der Waals surface area contributed by atoms with E-state index in [2.05, 4.69) is 38.2 Å². The number of hydrogen-bond donors (Lipinski definition) is 1. The Balaban J connectivity index is 2.14. The quantitative estimate of drug-likeness (QED) is 0.578. The maximum absolute atomic E-state index is 11.3. The Morgan fingerprint density at radius 1 is 1.26 bits per heavy atom. The van der Waals surface area contributed by atoms with Crippen LogP contribution < -0.4 is 5.32 Å². The number of sulfone groups is 1. The highest BCUT2D eigenvalue weighted by Crippen LogP contribution is 2.17. The molecule has 0 saturated carbocycles. The van der Waals surface area contributed by atoms with E-state index in [1.54, 1.807) is 0 Å². The number of nitrogens with one attached hydrogen (secondary N) is 1. The summed E-state index contributed by atoms with van der Waals surface area (Å²) in [6.07, 6.45) is 7.49. The van der Waals surface area contributed by atoms with E-state index < -0.39 is 9.84 Å². The summed E-state index contributed by atoms with van der Waals surface area (Å²) in [5.74, 6) is 1.05. The molecule has 0 spiro atoms. The normalized spacial score (nSPS) is 22.5. The first-order valence-electron chi connectivity index (χ1n) is 7.09. The summed E-state index contributed by atoms with van der Waals surface area (Å²) < 4.78 is 22.6. The van der Waals surface area contributed by atoms with Crippen molar-refractivity contribution in [2.75, 3.05) is 24.6 Å². The second-order valence-electron chi connectivity index (χ2n) is 5.80. The van der Waals surface area contributed by atoms with E-state index in [1.165, 1.54) is 11.1 Å². The van der Waals surface area contributed by atoms with Crippen LogP contribution in [0.15, 0.2) is 23.3 Å². The highest BCUT2D eigenvalue weighted by molar-refractivity contribution is 7.91. The molecule has 4 heteroatoms. The lowest BCUT2D eigenvalue weighted by Gasteiger charge is -2.08. The molecule has 1 N–H and O–H groups in total. The van der Waals surface area contributed by atoms with Gasteiger partial charge in [0.25, 0.3) is 0 Å². The Kier molecular flexibility index (Phi) is 6.80. The van der Waals surface area contributed by atoms with Gasteiger partial charge >= 0.3 is 0 Å². The van der Waals surface area contributed by atoms with Crippen molar-refractivity contribution in [3.8, 4) is 0 Å². The van der Waals surface area contributed by atoms with Crippen LogP contribution in [0.2, 0.25) is 0 Å². The van der Waals surface area contributed by atoms with Gasteiger partial charge in [0.15, 0.2) is 9.84 Å². The molecule has 0 radical (unpaired) electrons. The van der Waals surface area contributed by atoms with Gasteiger partial charge < -0.3 is 5.32 Å². The second kappa shape index (κ2) is 7.85. The third-order valence-corrected chi connectivity index (χ3v) is 5.28. The summed E-state index contributed by atoms with van der Waals surface area (Å²) in [4.78, 5) is 0. The number of allylic oxidation sites excluding steroid dienone is 3.